The first kappa shape index (κ1) is 15.1. The van der Waals surface area contributed by atoms with Gasteiger partial charge in [-0.15, -0.1) is 0 Å². The zero-order valence-electron chi connectivity index (χ0n) is 10.6. The maximum absolute atomic E-state index is 11.5. The summed E-state index contributed by atoms with van der Waals surface area (Å²) in [4.78, 5) is 22.5. The second-order valence-corrected chi connectivity index (χ2v) is 4.36. The number of carbonyl (C=O) groups is 2. The third-order valence-corrected chi connectivity index (χ3v) is 2.62. The SMILES string of the molecule is CCCCC(=O)NC(=S)Nc1ccccc1C(=O)O. The van der Waals surface area contributed by atoms with Crippen molar-refractivity contribution in [3.05, 3.63) is 29.8 Å². The second kappa shape index (κ2) is 7.48. The van der Waals surface area contributed by atoms with Crippen LogP contribution in [-0.2, 0) is 4.79 Å². The minimum Gasteiger partial charge on any atom is -0.478 e. The molecule has 5 nitrogen and oxygen atoms in total. The van der Waals surface area contributed by atoms with Crippen LogP contribution in [-0.4, -0.2) is 22.1 Å². The van der Waals surface area contributed by atoms with Crippen molar-refractivity contribution in [2.75, 3.05) is 5.32 Å². The monoisotopic (exact) mass is 280 g/mol. The number of amides is 1. The molecule has 0 heterocycles. The van der Waals surface area contributed by atoms with Crippen LogP contribution in [0.5, 0.6) is 0 Å². The van der Waals surface area contributed by atoms with E-state index in [1.54, 1.807) is 18.2 Å². The summed E-state index contributed by atoms with van der Waals surface area (Å²) in [6.45, 7) is 1.99. The topological polar surface area (TPSA) is 78.4 Å². The number of rotatable bonds is 5. The highest BCUT2D eigenvalue weighted by Gasteiger charge is 2.11. The van der Waals surface area contributed by atoms with Gasteiger partial charge in [-0.3, -0.25) is 4.79 Å². The Kier molecular flexibility index (Phi) is 5.95. The molecule has 0 aliphatic carbocycles. The Morgan fingerprint density at radius 1 is 1.32 bits per heavy atom. The molecule has 0 unspecified atom stereocenters. The average Bonchev–Trinajstić information content (AvgIpc) is 2.36. The number of hydrogen-bond donors (Lipinski definition) is 3. The number of nitrogens with one attached hydrogen (secondary N) is 2. The van der Waals surface area contributed by atoms with Gasteiger partial charge in [-0.05, 0) is 30.8 Å². The van der Waals surface area contributed by atoms with Crippen molar-refractivity contribution in [1.82, 2.24) is 5.32 Å². The van der Waals surface area contributed by atoms with Crippen LogP contribution in [0.4, 0.5) is 5.69 Å². The van der Waals surface area contributed by atoms with E-state index in [4.69, 9.17) is 17.3 Å². The van der Waals surface area contributed by atoms with E-state index in [1.807, 2.05) is 6.92 Å². The van der Waals surface area contributed by atoms with Crippen molar-refractivity contribution in [3.8, 4) is 0 Å². The number of carbonyl (C=O) groups excluding carboxylic acids is 1. The molecule has 0 atom stereocenters. The molecular weight excluding hydrogens is 264 g/mol. The van der Waals surface area contributed by atoms with Crippen molar-refractivity contribution >= 4 is 34.9 Å². The summed E-state index contributed by atoms with van der Waals surface area (Å²) in [5, 5.41) is 14.3. The lowest BCUT2D eigenvalue weighted by Crippen LogP contribution is -2.34. The molecule has 0 aromatic heterocycles. The molecule has 1 amide bonds. The smallest absolute Gasteiger partial charge is 0.337 e. The lowest BCUT2D eigenvalue weighted by Gasteiger charge is -2.11. The Hall–Kier alpha value is -1.95. The first-order chi connectivity index (χ1) is 9.04. The minimum absolute atomic E-state index is 0.104. The Morgan fingerprint density at radius 2 is 2.00 bits per heavy atom. The quantitative estimate of drug-likeness (QED) is 0.722. The molecule has 0 bridgehead atoms. The lowest BCUT2D eigenvalue weighted by molar-refractivity contribution is -0.119. The number of aromatic carboxylic acids is 1. The van der Waals surface area contributed by atoms with Crippen LogP contribution >= 0.6 is 12.2 Å². The van der Waals surface area contributed by atoms with Gasteiger partial charge in [0.15, 0.2) is 5.11 Å². The fourth-order valence-electron chi connectivity index (χ4n) is 1.46. The van der Waals surface area contributed by atoms with Gasteiger partial charge >= 0.3 is 5.97 Å². The highest BCUT2D eigenvalue weighted by atomic mass is 32.1. The largest absolute Gasteiger partial charge is 0.478 e. The third-order valence-electron chi connectivity index (χ3n) is 2.42. The van der Waals surface area contributed by atoms with E-state index in [0.717, 1.165) is 12.8 Å². The van der Waals surface area contributed by atoms with Gasteiger partial charge < -0.3 is 15.7 Å². The molecule has 1 aromatic carbocycles. The number of unbranched alkanes of at least 4 members (excludes halogenated alkanes) is 1. The highest BCUT2D eigenvalue weighted by molar-refractivity contribution is 7.80. The number of anilines is 1. The number of thiocarbonyl (C=S) groups is 1. The van der Waals surface area contributed by atoms with Crippen LogP contribution in [0, 0.1) is 0 Å². The standard InChI is InChI=1S/C13H16N2O3S/c1-2-3-8-11(16)15-13(19)14-10-7-5-4-6-9(10)12(17)18/h4-7H,2-3,8H2,1H3,(H,17,18)(H2,14,15,16,19). The molecule has 0 saturated heterocycles. The summed E-state index contributed by atoms with van der Waals surface area (Å²) >= 11 is 4.97. The Labute approximate surface area is 117 Å². The average molecular weight is 280 g/mol. The number of carboxylic acid groups (broad SMARTS) is 1. The van der Waals surface area contributed by atoms with Crippen molar-refractivity contribution in [1.29, 1.82) is 0 Å². The van der Waals surface area contributed by atoms with Gasteiger partial charge in [-0.25, -0.2) is 4.79 Å². The molecule has 1 aromatic rings. The van der Waals surface area contributed by atoms with E-state index < -0.39 is 5.97 Å². The van der Waals surface area contributed by atoms with Gasteiger partial charge in [0, 0.05) is 6.42 Å². The summed E-state index contributed by atoms with van der Waals surface area (Å²) in [7, 11) is 0. The van der Waals surface area contributed by atoms with Crippen LogP contribution in [0.1, 0.15) is 36.5 Å². The molecule has 0 fully saturated rings. The lowest BCUT2D eigenvalue weighted by atomic mass is 10.2. The molecule has 102 valence electrons. The van der Waals surface area contributed by atoms with Crippen molar-refractivity contribution in [2.45, 2.75) is 26.2 Å². The summed E-state index contributed by atoms with van der Waals surface area (Å²) < 4.78 is 0. The first-order valence-corrected chi connectivity index (χ1v) is 6.38. The summed E-state index contributed by atoms with van der Waals surface area (Å²) in [6, 6.07) is 6.37. The van der Waals surface area contributed by atoms with Gasteiger partial charge in [0.1, 0.15) is 0 Å². The molecule has 3 N–H and O–H groups in total. The molecule has 19 heavy (non-hydrogen) atoms. The van der Waals surface area contributed by atoms with Gasteiger partial charge in [0.25, 0.3) is 0 Å². The minimum atomic E-state index is -1.05. The van der Waals surface area contributed by atoms with Crippen LogP contribution in [0.15, 0.2) is 24.3 Å². The molecule has 0 spiro atoms. The Bertz CT molecular complexity index is 489. The normalized spacial score (nSPS) is 9.74. The number of para-hydroxylation sites is 1. The van der Waals surface area contributed by atoms with Gasteiger partial charge in [-0.2, -0.15) is 0 Å². The van der Waals surface area contributed by atoms with E-state index in [2.05, 4.69) is 10.6 Å². The number of benzene rings is 1. The van der Waals surface area contributed by atoms with Crippen molar-refractivity contribution in [3.63, 3.8) is 0 Å². The number of carboxylic acids is 1. The van der Waals surface area contributed by atoms with Gasteiger partial charge in [0.05, 0.1) is 11.3 Å². The first-order valence-electron chi connectivity index (χ1n) is 5.97. The van der Waals surface area contributed by atoms with E-state index >= 15 is 0 Å². The van der Waals surface area contributed by atoms with E-state index in [0.29, 0.717) is 12.1 Å². The van der Waals surface area contributed by atoms with Crippen LogP contribution in [0.25, 0.3) is 0 Å². The fraction of sp³-hybridized carbons (Fsp3) is 0.308. The van der Waals surface area contributed by atoms with Crippen LogP contribution in [0.2, 0.25) is 0 Å². The van der Waals surface area contributed by atoms with Crippen molar-refractivity contribution < 1.29 is 14.7 Å². The fourth-order valence-corrected chi connectivity index (χ4v) is 1.68. The summed E-state index contributed by atoms with van der Waals surface area (Å²) in [6.07, 6.45) is 2.12. The van der Waals surface area contributed by atoms with Crippen molar-refractivity contribution in [2.24, 2.45) is 0 Å². The molecule has 0 aliphatic rings. The van der Waals surface area contributed by atoms with E-state index in [-0.39, 0.29) is 16.6 Å². The maximum Gasteiger partial charge on any atom is 0.337 e. The number of hydrogen-bond acceptors (Lipinski definition) is 3. The predicted molar refractivity (Wildman–Crippen MR) is 77.3 cm³/mol. The third kappa shape index (κ3) is 5.05. The Morgan fingerprint density at radius 3 is 2.63 bits per heavy atom. The van der Waals surface area contributed by atoms with E-state index in [1.165, 1.54) is 6.07 Å². The second-order valence-electron chi connectivity index (χ2n) is 3.96. The van der Waals surface area contributed by atoms with Gasteiger partial charge in [-0.1, -0.05) is 25.5 Å². The van der Waals surface area contributed by atoms with E-state index in [9.17, 15) is 9.59 Å². The van der Waals surface area contributed by atoms with Crippen LogP contribution < -0.4 is 10.6 Å². The maximum atomic E-state index is 11.5. The predicted octanol–water partition coefficient (Wildman–Crippen LogP) is 2.39. The van der Waals surface area contributed by atoms with Gasteiger partial charge in [0.2, 0.25) is 5.91 Å². The molecule has 1 rings (SSSR count). The zero-order chi connectivity index (χ0) is 14.3. The molecular formula is C13H16N2O3S. The zero-order valence-corrected chi connectivity index (χ0v) is 11.4. The highest BCUT2D eigenvalue weighted by Crippen LogP contribution is 2.14. The molecule has 0 aliphatic heterocycles. The summed E-state index contributed by atoms with van der Waals surface area (Å²) in [5.41, 5.74) is 0.462. The summed E-state index contributed by atoms with van der Waals surface area (Å²) in [5.74, 6) is -1.23. The Balaban J connectivity index is 2.62. The molecule has 0 saturated carbocycles. The molecule has 0 radical (unpaired) electrons. The molecule has 6 heteroatoms. The van der Waals surface area contributed by atoms with Crippen LogP contribution in [0.3, 0.4) is 0 Å².